The van der Waals surface area contributed by atoms with E-state index < -0.39 is 0 Å². The molecule has 0 bridgehead atoms. The molecular formula is C31H30ClN9O2S. The van der Waals surface area contributed by atoms with Crippen molar-refractivity contribution in [2.45, 2.75) is 31.7 Å². The first kappa shape index (κ1) is 28.4. The van der Waals surface area contributed by atoms with Gasteiger partial charge in [-0.25, -0.2) is 9.98 Å². The van der Waals surface area contributed by atoms with Gasteiger partial charge in [-0.05, 0) is 65.6 Å². The second-order valence-corrected chi connectivity index (χ2v) is 12.3. The van der Waals surface area contributed by atoms with Crippen molar-refractivity contribution in [2.24, 2.45) is 4.99 Å². The summed E-state index contributed by atoms with van der Waals surface area (Å²) < 4.78 is 7.39. The number of nitrogens with zero attached hydrogens (tertiary/aromatic N) is 8. The lowest BCUT2D eigenvalue weighted by molar-refractivity contribution is -0.133. The molecule has 6 heterocycles. The molecule has 44 heavy (non-hydrogen) atoms. The fourth-order valence-electron chi connectivity index (χ4n) is 5.89. The van der Waals surface area contributed by atoms with E-state index in [2.05, 4.69) is 44.6 Å². The number of halogens is 1. The van der Waals surface area contributed by atoms with Crippen molar-refractivity contribution < 1.29 is 9.53 Å². The Morgan fingerprint density at radius 3 is 2.91 bits per heavy atom. The van der Waals surface area contributed by atoms with Gasteiger partial charge in [0.1, 0.15) is 23.7 Å². The lowest BCUT2D eigenvalue weighted by atomic mass is 10.1. The highest BCUT2D eigenvalue weighted by atomic mass is 35.5. The Morgan fingerprint density at radius 1 is 1.23 bits per heavy atom. The number of amides is 1. The van der Waals surface area contributed by atoms with E-state index in [-0.39, 0.29) is 18.6 Å². The van der Waals surface area contributed by atoms with Crippen molar-refractivity contribution in [1.82, 2.24) is 40.0 Å². The summed E-state index contributed by atoms with van der Waals surface area (Å²) in [5, 5.41) is 12.2. The number of H-pyrrole nitrogens is 1. The number of nitrogens with one attached hydrogen (secondary N) is 1. The second-order valence-electron chi connectivity index (χ2n) is 10.9. The highest BCUT2D eigenvalue weighted by Gasteiger charge is 2.36. The molecule has 1 atom stereocenters. The normalized spacial score (nSPS) is 19.8. The molecule has 13 heteroatoms. The molecule has 2 saturated heterocycles. The molecule has 1 N–H and O–H groups in total. The first-order valence-electron chi connectivity index (χ1n) is 14.4. The predicted octanol–water partition coefficient (Wildman–Crippen LogP) is 5.31. The van der Waals surface area contributed by atoms with Gasteiger partial charge in [-0.1, -0.05) is 30.8 Å². The van der Waals surface area contributed by atoms with Crippen molar-refractivity contribution in [3.05, 3.63) is 101 Å². The summed E-state index contributed by atoms with van der Waals surface area (Å²) in [6, 6.07) is 5.52. The second kappa shape index (κ2) is 11.9. The number of aliphatic imine (C=N–C) groups is 1. The number of allylic oxidation sites excluding steroid dienone is 3. The van der Waals surface area contributed by atoms with Gasteiger partial charge in [-0.15, -0.1) is 16.9 Å². The number of aromatic amines is 1. The van der Waals surface area contributed by atoms with Crippen molar-refractivity contribution in [2.75, 3.05) is 25.4 Å². The van der Waals surface area contributed by atoms with Gasteiger partial charge in [0.2, 0.25) is 0 Å². The maximum absolute atomic E-state index is 12.4. The molecule has 224 valence electrons. The van der Waals surface area contributed by atoms with Gasteiger partial charge in [-0.3, -0.25) is 4.79 Å². The van der Waals surface area contributed by atoms with Crippen molar-refractivity contribution >= 4 is 46.4 Å². The number of ether oxygens (including phenoxy) is 1. The molecule has 0 spiro atoms. The van der Waals surface area contributed by atoms with E-state index in [4.69, 9.17) is 26.3 Å². The third-order valence-corrected chi connectivity index (χ3v) is 9.30. The predicted molar refractivity (Wildman–Crippen MR) is 171 cm³/mol. The maximum atomic E-state index is 12.4. The van der Waals surface area contributed by atoms with Crippen molar-refractivity contribution in [3.8, 4) is 5.69 Å². The quantitative estimate of drug-likeness (QED) is 0.334. The van der Waals surface area contributed by atoms with E-state index in [0.29, 0.717) is 10.8 Å². The molecule has 0 radical (unpaired) electrons. The highest BCUT2D eigenvalue weighted by Crippen LogP contribution is 2.41. The number of imidazole rings is 1. The number of likely N-dealkylation sites (tertiary alicyclic amines) is 1. The zero-order valence-corrected chi connectivity index (χ0v) is 25.5. The molecular weight excluding hydrogens is 598 g/mol. The van der Waals surface area contributed by atoms with Crippen LogP contribution in [0.1, 0.15) is 48.8 Å². The Labute approximate surface area is 263 Å². The largest absolute Gasteiger partial charge is 0.483 e. The first-order valence-corrected chi connectivity index (χ1v) is 15.8. The van der Waals surface area contributed by atoms with Crippen molar-refractivity contribution in [1.29, 1.82) is 0 Å². The Balaban J connectivity index is 1.06. The van der Waals surface area contributed by atoms with E-state index in [0.717, 1.165) is 95.0 Å². The molecule has 0 aliphatic carbocycles. The molecule has 1 aromatic carbocycles. The molecule has 7 rings (SSSR count). The van der Waals surface area contributed by atoms with Crippen LogP contribution in [0.4, 0.5) is 0 Å². The maximum Gasteiger partial charge on any atom is 0.260 e. The van der Waals surface area contributed by atoms with Gasteiger partial charge in [0.05, 0.1) is 29.3 Å². The van der Waals surface area contributed by atoms with E-state index >= 15 is 0 Å². The van der Waals surface area contributed by atoms with Crippen LogP contribution in [0.3, 0.4) is 0 Å². The lowest BCUT2D eigenvalue weighted by Gasteiger charge is -2.29. The Bertz CT molecular complexity index is 1770. The Kier molecular flexibility index (Phi) is 7.69. The first-order chi connectivity index (χ1) is 21.4. The number of aromatic nitrogens is 6. The van der Waals surface area contributed by atoms with Crippen LogP contribution in [-0.2, 0) is 9.53 Å². The summed E-state index contributed by atoms with van der Waals surface area (Å²) in [5.41, 5.74) is 5.09. The summed E-state index contributed by atoms with van der Waals surface area (Å²) in [6.45, 7) is 10.1. The number of hydrogen-bond donors (Lipinski definition) is 1. The molecule has 11 nitrogen and oxygen atoms in total. The van der Waals surface area contributed by atoms with Crippen LogP contribution in [0, 0.1) is 0 Å². The van der Waals surface area contributed by atoms with Crippen LogP contribution in [-0.4, -0.2) is 77.2 Å². The number of fused-ring (bicyclic) bond motifs is 1. The summed E-state index contributed by atoms with van der Waals surface area (Å²) in [7, 11) is 0. The number of thioether (sulfide) groups is 1. The topological polar surface area (TPSA) is 117 Å². The number of amidine groups is 1. The summed E-state index contributed by atoms with van der Waals surface area (Å²) in [4.78, 5) is 30.6. The molecule has 0 saturated carbocycles. The van der Waals surface area contributed by atoms with E-state index in [9.17, 15) is 4.79 Å². The monoisotopic (exact) mass is 627 g/mol. The van der Waals surface area contributed by atoms with Crippen LogP contribution >= 0.6 is 23.4 Å². The van der Waals surface area contributed by atoms with Crippen LogP contribution in [0.5, 0.6) is 0 Å². The van der Waals surface area contributed by atoms with Crippen LogP contribution in [0.15, 0.2) is 83.5 Å². The van der Waals surface area contributed by atoms with Gasteiger partial charge in [0.25, 0.3) is 5.91 Å². The van der Waals surface area contributed by atoms with Crippen LogP contribution < -0.4 is 0 Å². The Morgan fingerprint density at radius 2 is 2.09 bits per heavy atom. The molecule has 2 aromatic heterocycles. The third-order valence-electron chi connectivity index (χ3n) is 8.08. The van der Waals surface area contributed by atoms with Gasteiger partial charge >= 0.3 is 0 Å². The third kappa shape index (κ3) is 5.50. The molecule has 3 aromatic rings. The fourth-order valence-corrected chi connectivity index (χ4v) is 6.94. The van der Waals surface area contributed by atoms with E-state index in [1.54, 1.807) is 28.8 Å². The van der Waals surface area contributed by atoms with Crippen LogP contribution in [0.2, 0.25) is 5.02 Å². The molecule has 4 aliphatic heterocycles. The van der Waals surface area contributed by atoms with Gasteiger partial charge < -0.3 is 19.5 Å². The average molecular weight is 628 g/mol. The summed E-state index contributed by atoms with van der Waals surface area (Å²) in [5.74, 6) is 3.07. The minimum absolute atomic E-state index is 0.0142. The molecule has 4 aliphatic rings. The highest BCUT2D eigenvalue weighted by molar-refractivity contribution is 8.03. The molecule has 1 unspecified atom stereocenters. The van der Waals surface area contributed by atoms with E-state index in [1.807, 2.05) is 35.4 Å². The van der Waals surface area contributed by atoms with Gasteiger partial charge in [0.15, 0.2) is 6.61 Å². The number of hydrogen-bond acceptors (Lipinski definition) is 9. The summed E-state index contributed by atoms with van der Waals surface area (Å²) >= 11 is 8.01. The number of benzene rings is 1. The number of carbonyl (C=O) groups excluding carboxylic acids is 1. The fraction of sp³-hybridized carbons (Fsp3) is 0.290. The zero-order chi connectivity index (χ0) is 30.2. The number of tetrazole rings is 1. The lowest BCUT2D eigenvalue weighted by Crippen LogP contribution is -2.31. The number of carbonyl (C=O) groups is 1. The molecule has 1 amide bonds. The minimum atomic E-state index is -0.0249. The van der Waals surface area contributed by atoms with Crippen molar-refractivity contribution in [3.63, 3.8) is 0 Å². The molecule has 2 fully saturated rings. The SMILES string of the molecule is C=C(OCC(=O)N1CCCC1)C1=CC(c2cnc(C3CCC4=NC(c5cc(Cl)ccc5-n5cnnn5)=CC(=C)N43)[nH]2)=CCS1. The number of rotatable bonds is 8. The average Bonchev–Trinajstić information content (AvgIpc) is 3.86. The summed E-state index contributed by atoms with van der Waals surface area (Å²) in [6.07, 6.45) is 13.3. The smallest absolute Gasteiger partial charge is 0.260 e. The Hall–Kier alpha value is -4.42. The standard InChI is InChI=1S/C31H30ClN9O2S/c1-19-13-24(23-15-22(32)5-6-26(23)40-18-34-37-38-40)35-29-8-7-27(41(19)29)31-33-16-25(36-31)21-9-12-44-28(14-21)20(2)43-17-30(42)39-10-3-4-11-39/h5-6,9,13-16,18,27H,1-4,7-8,10-12,17H2,(H,33,36). The minimum Gasteiger partial charge on any atom is -0.483 e. The van der Waals surface area contributed by atoms with Gasteiger partial charge in [-0.2, -0.15) is 4.68 Å². The zero-order valence-electron chi connectivity index (χ0n) is 23.9. The van der Waals surface area contributed by atoms with Crippen LogP contribution in [0.25, 0.3) is 17.0 Å². The van der Waals surface area contributed by atoms with Gasteiger partial charge in [0, 0.05) is 46.5 Å². The van der Waals surface area contributed by atoms with E-state index in [1.165, 1.54) is 0 Å².